The molecule has 1 atom stereocenters. The number of aliphatic hydroxyl groups is 1. The van der Waals surface area contributed by atoms with Gasteiger partial charge in [0.2, 0.25) is 10.0 Å². The fourth-order valence-electron chi connectivity index (χ4n) is 3.24. The van der Waals surface area contributed by atoms with E-state index in [0.717, 1.165) is 31.2 Å². The van der Waals surface area contributed by atoms with Crippen LogP contribution in [-0.4, -0.2) is 36.5 Å². The predicted octanol–water partition coefficient (Wildman–Crippen LogP) is 1.71. The van der Waals surface area contributed by atoms with Crippen LogP contribution in [0.5, 0.6) is 0 Å². The van der Waals surface area contributed by atoms with Gasteiger partial charge in [-0.05, 0) is 56.2 Å². The molecule has 1 aromatic rings. The minimum absolute atomic E-state index is 0.193. The van der Waals surface area contributed by atoms with E-state index in [2.05, 4.69) is 0 Å². The molecule has 1 N–H and O–H groups in total. The SMILES string of the molecule is CC1(O)CCN(S(=O)(=O)c2cccc3c2CCCC3)C1. The first kappa shape index (κ1) is 14.0. The van der Waals surface area contributed by atoms with Gasteiger partial charge < -0.3 is 5.11 Å². The number of sulfonamides is 1. The zero-order chi connectivity index (χ0) is 14.4. The lowest BCUT2D eigenvalue weighted by Crippen LogP contribution is -2.34. The van der Waals surface area contributed by atoms with Crippen LogP contribution in [0.15, 0.2) is 23.1 Å². The maximum atomic E-state index is 12.8. The third-order valence-electron chi connectivity index (χ3n) is 4.39. The molecule has 1 unspecified atom stereocenters. The molecule has 0 aromatic heterocycles. The largest absolute Gasteiger partial charge is 0.389 e. The van der Waals surface area contributed by atoms with Crippen LogP contribution >= 0.6 is 0 Å². The molecule has 110 valence electrons. The van der Waals surface area contributed by atoms with E-state index >= 15 is 0 Å². The molecule has 0 bridgehead atoms. The molecule has 1 fully saturated rings. The lowest BCUT2D eigenvalue weighted by Gasteiger charge is -2.23. The van der Waals surface area contributed by atoms with E-state index in [1.54, 1.807) is 13.0 Å². The van der Waals surface area contributed by atoms with E-state index in [0.29, 0.717) is 17.9 Å². The second-order valence-corrected chi connectivity index (χ2v) is 8.09. The maximum Gasteiger partial charge on any atom is 0.243 e. The van der Waals surface area contributed by atoms with Crippen LogP contribution in [0, 0.1) is 0 Å². The van der Waals surface area contributed by atoms with E-state index in [-0.39, 0.29) is 6.54 Å². The smallest absolute Gasteiger partial charge is 0.243 e. The summed E-state index contributed by atoms with van der Waals surface area (Å²) in [6, 6.07) is 5.59. The number of β-amino-alcohol motifs (C(OH)–C–C–N with tert-alkyl or cyclic N) is 1. The third kappa shape index (κ3) is 2.38. The maximum absolute atomic E-state index is 12.8. The highest BCUT2D eigenvalue weighted by Gasteiger charge is 2.39. The highest BCUT2D eigenvalue weighted by Crippen LogP contribution is 2.32. The normalized spacial score (nSPS) is 27.5. The Balaban J connectivity index is 2.00. The van der Waals surface area contributed by atoms with E-state index < -0.39 is 15.6 Å². The Morgan fingerprint density at radius 3 is 2.70 bits per heavy atom. The van der Waals surface area contributed by atoms with Crippen molar-refractivity contribution in [3.05, 3.63) is 29.3 Å². The summed E-state index contributed by atoms with van der Waals surface area (Å²) in [4.78, 5) is 0.451. The van der Waals surface area contributed by atoms with Crippen LogP contribution in [0.4, 0.5) is 0 Å². The van der Waals surface area contributed by atoms with Crippen LogP contribution in [0.25, 0.3) is 0 Å². The lowest BCUT2D eigenvalue weighted by molar-refractivity contribution is 0.0762. The lowest BCUT2D eigenvalue weighted by atomic mass is 9.92. The topological polar surface area (TPSA) is 57.6 Å². The first-order valence-electron chi connectivity index (χ1n) is 7.23. The van der Waals surface area contributed by atoms with Crippen molar-refractivity contribution in [3.63, 3.8) is 0 Å². The van der Waals surface area contributed by atoms with E-state index in [9.17, 15) is 13.5 Å². The van der Waals surface area contributed by atoms with Crippen LogP contribution in [-0.2, 0) is 22.9 Å². The Kier molecular flexibility index (Phi) is 3.39. The molecule has 1 aliphatic heterocycles. The number of nitrogens with zero attached hydrogens (tertiary/aromatic N) is 1. The minimum Gasteiger partial charge on any atom is -0.389 e. The molecule has 4 nitrogen and oxygen atoms in total. The summed E-state index contributed by atoms with van der Waals surface area (Å²) in [5.41, 5.74) is 1.26. The summed E-state index contributed by atoms with van der Waals surface area (Å²) in [7, 11) is -3.48. The Hall–Kier alpha value is -0.910. The highest BCUT2D eigenvalue weighted by atomic mass is 32.2. The molecule has 0 saturated carbocycles. The summed E-state index contributed by atoms with van der Waals surface area (Å²) in [6.45, 7) is 2.29. The summed E-state index contributed by atoms with van der Waals surface area (Å²) in [6.07, 6.45) is 4.50. The van der Waals surface area contributed by atoms with Crippen LogP contribution in [0.1, 0.15) is 37.3 Å². The van der Waals surface area contributed by atoms with Crippen molar-refractivity contribution >= 4 is 10.0 Å². The molecule has 1 saturated heterocycles. The van der Waals surface area contributed by atoms with E-state index in [1.165, 1.54) is 9.87 Å². The first-order valence-corrected chi connectivity index (χ1v) is 8.67. The highest BCUT2D eigenvalue weighted by molar-refractivity contribution is 7.89. The monoisotopic (exact) mass is 295 g/mol. The van der Waals surface area contributed by atoms with E-state index in [1.807, 2.05) is 12.1 Å². The Labute approximate surface area is 120 Å². The fourth-order valence-corrected chi connectivity index (χ4v) is 5.09. The summed E-state index contributed by atoms with van der Waals surface area (Å²) >= 11 is 0. The Bertz CT molecular complexity index is 622. The van der Waals surface area contributed by atoms with Crippen molar-refractivity contribution in [2.75, 3.05) is 13.1 Å². The van der Waals surface area contributed by atoms with Crippen molar-refractivity contribution in [2.45, 2.75) is 49.5 Å². The molecule has 0 radical (unpaired) electrons. The number of fused-ring (bicyclic) bond motifs is 1. The van der Waals surface area contributed by atoms with Gasteiger partial charge in [-0.3, -0.25) is 0 Å². The molecule has 0 amide bonds. The third-order valence-corrected chi connectivity index (χ3v) is 6.32. The fraction of sp³-hybridized carbons (Fsp3) is 0.600. The van der Waals surface area contributed by atoms with Gasteiger partial charge in [0.25, 0.3) is 0 Å². The summed E-state index contributed by atoms with van der Waals surface area (Å²) < 4.78 is 27.0. The van der Waals surface area contributed by atoms with Gasteiger partial charge in [-0.25, -0.2) is 8.42 Å². The van der Waals surface area contributed by atoms with Gasteiger partial charge >= 0.3 is 0 Å². The van der Waals surface area contributed by atoms with Crippen molar-refractivity contribution in [1.29, 1.82) is 0 Å². The molecule has 3 rings (SSSR count). The second-order valence-electron chi connectivity index (χ2n) is 6.19. The molecular formula is C15H21NO3S. The van der Waals surface area contributed by atoms with Crippen molar-refractivity contribution in [3.8, 4) is 0 Å². The molecule has 20 heavy (non-hydrogen) atoms. The summed E-state index contributed by atoms with van der Waals surface area (Å²) in [5.74, 6) is 0. The van der Waals surface area contributed by atoms with Gasteiger partial charge in [0.1, 0.15) is 0 Å². The zero-order valence-electron chi connectivity index (χ0n) is 11.8. The molecule has 1 heterocycles. The number of aryl methyl sites for hydroxylation is 1. The Morgan fingerprint density at radius 1 is 1.25 bits per heavy atom. The minimum atomic E-state index is -3.48. The van der Waals surface area contributed by atoms with Crippen LogP contribution < -0.4 is 0 Å². The van der Waals surface area contributed by atoms with Gasteiger partial charge in [-0.2, -0.15) is 4.31 Å². The average molecular weight is 295 g/mol. The quantitative estimate of drug-likeness (QED) is 0.903. The van der Waals surface area contributed by atoms with E-state index in [4.69, 9.17) is 0 Å². The number of hydrogen-bond acceptors (Lipinski definition) is 3. The number of benzene rings is 1. The molecule has 0 spiro atoms. The van der Waals surface area contributed by atoms with Crippen molar-refractivity contribution in [1.82, 2.24) is 4.31 Å². The second kappa shape index (κ2) is 4.83. The standard InChI is InChI=1S/C15H21NO3S/c1-15(17)9-10-16(11-15)20(18,19)14-8-4-6-12-5-2-3-7-13(12)14/h4,6,8,17H,2-3,5,7,9-11H2,1H3. The average Bonchev–Trinajstić information content (AvgIpc) is 2.79. The summed E-state index contributed by atoms with van der Waals surface area (Å²) in [5, 5.41) is 10.0. The van der Waals surface area contributed by atoms with Gasteiger partial charge in [0.15, 0.2) is 0 Å². The van der Waals surface area contributed by atoms with Gasteiger partial charge in [0.05, 0.1) is 10.5 Å². The first-order chi connectivity index (χ1) is 9.40. The van der Waals surface area contributed by atoms with Gasteiger partial charge in [0, 0.05) is 13.1 Å². The molecule has 5 heteroatoms. The van der Waals surface area contributed by atoms with Crippen LogP contribution in [0.2, 0.25) is 0 Å². The molecule has 2 aliphatic rings. The number of hydrogen-bond donors (Lipinski definition) is 1. The van der Waals surface area contributed by atoms with Gasteiger partial charge in [-0.1, -0.05) is 12.1 Å². The van der Waals surface area contributed by atoms with Crippen molar-refractivity contribution < 1.29 is 13.5 Å². The Morgan fingerprint density at radius 2 is 2.00 bits per heavy atom. The molecular weight excluding hydrogens is 274 g/mol. The van der Waals surface area contributed by atoms with Crippen LogP contribution in [0.3, 0.4) is 0 Å². The zero-order valence-corrected chi connectivity index (χ0v) is 12.6. The molecule has 1 aromatic carbocycles. The van der Waals surface area contributed by atoms with Gasteiger partial charge in [-0.15, -0.1) is 0 Å². The van der Waals surface area contributed by atoms with Crippen molar-refractivity contribution in [2.24, 2.45) is 0 Å². The number of rotatable bonds is 2. The molecule has 1 aliphatic carbocycles. The predicted molar refractivity (Wildman–Crippen MR) is 77.1 cm³/mol.